The van der Waals surface area contributed by atoms with Crippen LogP contribution in [0.15, 0.2) is 21.5 Å². The number of nitrogens with two attached hydrogens (primary N) is 2. The summed E-state index contributed by atoms with van der Waals surface area (Å²) in [6, 6.07) is 0.730. The molecule has 0 saturated heterocycles. The van der Waals surface area contributed by atoms with Crippen LogP contribution < -0.4 is 16.2 Å². The Kier molecular flexibility index (Phi) is 4.30. The number of hydrogen-bond donors (Lipinski definition) is 3. The average Bonchev–Trinajstić information content (AvgIpc) is 2.22. The molecular formula is C9H11BrFN3O3S. The van der Waals surface area contributed by atoms with E-state index in [0.717, 1.165) is 12.1 Å². The van der Waals surface area contributed by atoms with Crippen LogP contribution in [0.1, 0.15) is 6.92 Å². The van der Waals surface area contributed by atoms with Gasteiger partial charge in [-0.2, -0.15) is 4.72 Å². The smallest absolute Gasteiger partial charge is 0.244 e. The molecule has 5 N–H and O–H groups in total. The number of nitrogens with one attached hydrogen (secondary N) is 1. The number of anilines is 1. The summed E-state index contributed by atoms with van der Waals surface area (Å²) in [5.74, 6) is -1.86. The molecule has 0 fully saturated rings. The predicted octanol–water partition coefficient (Wildman–Crippen LogP) is 0.323. The molecule has 1 rings (SSSR count). The molecular weight excluding hydrogens is 329 g/mol. The van der Waals surface area contributed by atoms with Crippen molar-refractivity contribution in [2.75, 3.05) is 5.73 Å². The van der Waals surface area contributed by atoms with Crippen LogP contribution in [0.2, 0.25) is 0 Å². The molecule has 1 unspecified atom stereocenters. The molecule has 0 radical (unpaired) electrons. The van der Waals surface area contributed by atoms with Crippen LogP contribution in [0.5, 0.6) is 0 Å². The van der Waals surface area contributed by atoms with Crippen molar-refractivity contribution in [2.45, 2.75) is 17.9 Å². The van der Waals surface area contributed by atoms with Crippen LogP contribution >= 0.6 is 15.9 Å². The lowest BCUT2D eigenvalue weighted by molar-refractivity contribution is -0.119. The number of rotatable bonds is 4. The maximum atomic E-state index is 13.6. The fraction of sp³-hybridized carbons (Fsp3) is 0.222. The third-order valence-corrected chi connectivity index (χ3v) is 4.34. The van der Waals surface area contributed by atoms with Crippen molar-refractivity contribution in [2.24, 2.45) is 5.73 Å². The number of sulfonamides is 1. The summed E-state index contributed by atoms with van der Waals surface area (Å²) in [4.78, 5) is 10.1. The van der Waals surface area contributed by atoms with Crippen molar-refractivity contribution in [3.8, 4) is 0 Å². The van der Waals surface area contributed by atoms with Gasteiger partial charge in [0.15, 0.2) is 0 Å². The van der Waals surface area contributed by atoms with Gasteiger partial charge in [-0.3, -0.25) is 4.79 Å². The topological polar surface area (TPSA) is 115 Å². The molecule has 0 aliphatic rings. The van der Waals surface area contributed by atoms with Crippen LogP contribution in [-0.2, 0) is 14.8 Å². The SMILES string of the molecule is CC(NS(=O)(=O)c1cc(N)c(Br)cc1F)C(N)=O. The number of hydrogen-bond acceptors (Lipinski definition) is 4. The zero-order valence-electron chi connectivity index (χ0n) is 9.28. The van der Waals surface area contributed by atoms with Crippen LogP contribution in [0.25, 0.3) is 0 Å². The summed E-state index contributed by atoms with van der Waals surface area (Å²) in [7, 11) is -4.20. The summed E-state index contributed by atoms with van der Waals surface area (Å²) in [6.07, 6.45) is 0. The highest BCUT2D eigenvalue weighted by molar-refractivity contribution is 9.10. The number of amides is 1. The fourth-order valence-electron chi connectivity index (χ4n) is 1.11. The molecule has 100 valence electrons. The second-order valence-corrected chi connectivity index (χ2v) is 6.09. The Labute approximate surface area is 112 Å². The summed E-state index contributed by atoms with van der Waals surface area (Å²) >= 11 is 2.97. The van der Waals surface area contributed by atoms with E-state index in [0.29, 0.717) is 0 Å². The van der Waals surface area contributed by atoms with Gasteiger partial charge in [-0.15, -0.1) is 0 Å². The predicted molar refractivity (Wildman–Crippen MR) is 67.5 cm³/mol. The molecule has 1 aromatic rings. The molecule has 0 heterocycles. The minimum atomic E-state index is -4.20. The number of nitrogen functional groups attached to an aromatic ring is 1. The quantitative estimate of drug-likeness (QED) is 0.685. The van der Waals surface area contributed by atoms with Gasteiger partial charge in [0.05, 0.1) is 6.04 Å². The van der Waals surface area contributed by atoms with Crippen molar-refractivity contribution in [1.82, 2.24) is 4.72 Å². The van der Waals surface area contributed by atoms with Crippen molar-refractivity contribution in [3.05, 3.63) is 22.4 Å². The van der Waals surface area contributed by atoms with Crippen molar-refractivity contribution in [1.29, 1.82) is 0 Å². The zero-order valence-corrected chi connectivity index (χ0v) is 11.7. The largest absolute Gasteiger partial charge is 0.398 e. The molecule has 9 heteroatoms. The molecule has 6 nitrogen and oxygen atoms in total. The van der Waals surface area contributed by atoms with Gasteiger partial charge in [0, 0.05) is 10.2 Å². The maximum Gasteiger partial charge on any atom is 0.244 e. The molecule has 1 amide bonds. The normalized spacial score (nSPS) is 13.3. The van der Waals surface area contributed by atoms with E-state index in [2.05, 4.69) is 15.9 Å². The Morgan fingerprint density at radius 2 is 2.06 bits per heavy atom. The second kappa shape index (κ2) is 5.21. The van der Waals surface area contributed by atoms with Gasteiger partial charge in [-0.1, -0.05) is 0 Å². The van der Waals surface area contributed by atoms with E-state index in [1.807, 2.05) is 4.72 Å². The summed E-state index contributed by atoms with van der Waals surface area (Å²) in [5.41, 5.74) is 10.5. The van der Waals surface area contributed by atoms with Gasteiger partial charge in [0.1, 0.15) is 10.7 Å². The maximum absolute atomic E-state index is 13.6. The monoisotopic (exact) mass is 339 g/mol. The highest BCUT2D eigenvalue weighted by Gasteiger charge is 2.24. The molecule has 1 aromatic carbocycles. The number of benzene rings is 1. The lowest BCUT2D eigenvalue weighted by atomic mass is 10.3. The molecule has 1 atom stereocenters. The molecule has 0 aromatic heterocycles. The van der Waals surface area contributed by atoms with Crippen molar-refractivity contribution >= 4 is 37.5 Å². The minimum absolute atomic E-state index is 0.0588. The zero-order chi connectivity index (χ0) is 14.1. The van der Waals surface area contributed by atoms with Crippen LogP contribution in [0, 0.1) is 5.82 Å². The number of halogens is 2. The second-order valence-electron chi connectivity index (χ2n) is 3.55. The first kappa shape index (κ1) is 14.9. The van der Waals surface area contributed by atoms with Crippen LogP contribution in [-0.4, -0.2) is 20.4 Å². The molecule has 0 spiro atoms. The van der Waals surface area contributed by atoms with E-state index in [9.17, 15) is 17.6 Å². The third-order valence-electron chi connectivity index (χ3n) is 2.10. The highest BCUT2D eigenvalue weighted by atomic mass is 79.9. The van der Waals surface area contributed by atoms with Gasteiger partial charge in [0.25, 0.3) is 0 Å². The fourth-order valence-corrected chi connectivity index (χ4v) is 2.73. The molecule has 18 heavy (non-hydrogen) atoms. The third kappa shape index (κ3) is 3.18. The Hall–Kier alpha value is -1.19. The number of carbonyl (C=O) groups excluding carboxylic acids is 1. The van der Waals surface area contributed by atoms with Gasteiger partial charge in [-0.05, 0) is 35.0 Å². The van der Waals surface area contributed by atoms with E-state index >= 15 is 0 Å². The average molecular weight is 340 g/mol. The van der Waals surface area contributed by atoms with E-state index in [1.165, 1.54) is 6.92 Å². The van der Waals surface area contributed by atoms with Gasteiger partial charge < -0.3 is 11.5 Å². The highest BCUT2D eigenvalue weighted by Crippen LogP contribution is 2.26. The lowest BCUT2D eigenvalue weighted by Crippen LogP contribution is -2.42. The Morgan fingerprint density at radius 3 is 2.56 bits per heavy atom. The molecule has 0 aliphatic heterocycles. The van der Waals surface area contributed by atoms with E-state index < -0.39 is 32.7 Å². The Morgan fingerprint density at radius 1 is 1.50 bits per heavy atom. The lowest BCUT2D eigenvalue weighted by Gasteiger charge is -2.12. The van der Waals surface area contributed by atoms with E-state index in [4.69, 9.17) is 11.5 Å². The first-order valence-electron chi connectivity index (χ1n) is 4.71. The number of primary amides is 1. The van der Waals surface area contributed by atoms with Crippen LogP contribution in [0.3, 0.4) is 0 Å². The van der Waals surface area contributed by atoms with Gasteiger partial charge in [0.2, 0.25) is 15.9 Å². The van der Waals surface area contributed by atoms with E-state index in [1.54, 1.807) is 0 Å². The van der Waals surface area contributed by atoms with Crippen LogP contribution in [0.4, 0.5) is 10.1 Å². The van der Waals surface area contributed by atoms with Gasteiger partial charge >= 0.3 is 0 Å². The first-order chi connectivity index (χ1) is 8.15. The van der Waals surface area contributed by atoms with Crippen molar-refractivity contribution in [3.63, 3.8) is 0 Å². The van der Waals surface area contributed by atoms with Gasteiger partial charge in [-0.25, -0.2) is 12.8 Å². The first-order valence-corrected chi connectivity index (χ1v) is 6.99. The molecule has 0 bridgehead atoms. The summed E-state index contributed by atoms with van der Waals surface area (Å²) in [5, 5.41) is 0. The van der Waals surface area contributed by atoms with E-state index in [-0.39, 0.29) is 10.2 Å². The standard InChI is InChI=1S/C9H11BrFN3O3S/c1-4(9(13)15)14-18(16,17)8-3-7(12)5(10)2-6(8)11/h2-4,14H,12H2,1H3,(H2,13,15). The Bertz CT molecular complexity index is 591. The summed E-state index contributed by atoms with van der Waals surface area (Å²) in [6.45, 7) is 1.25. The molecule has 0 aliphatic carbocycles. The number of carbonyl (C=O) groups is 1. The van der Waals surface area contributed by atoms with Crippen molar-refractivity contribution < 1.29 is 17.6 Å². The molecule has 0 saturated carbocycles. The minimum Gasteiger partial charge on any atom is -0.398 e. The Balaban J connectivity index is 3.21. The summed E-state index contributed by atoms with van der Waals surface area (Å²) < 4.78 is 39.3.